The number of benzene rings is 3. The summed E-state index contributed by atoms with van der Waals surface area (Å²) in [7, 11) is 0. The predicted octanol–water partition coefficient (Wildman–Crippen LogP) is 7.54. The summed E-state index contributed by atoms with van der Waals surface area (Å²) in [4.78, 5) is 12.6. The van der Waals surface area contributed by atoms with E-state index in [0.29, 0.717) is 18.4 Å². The molecule has 4 rings (SSSR count). The smallest absolute Gasteiger partial charge is 0.346 e. The van der Waals surface area contributed by atoms with Crippen molar-refractivity contribution >= 4 is 5.97 Å². The molecule has 182 valence electrons. The van der Waals surface area contributed by atoms with Crippen LogP contribution in [0.15, 0.2) is 55.1 Å². The highest BCUT2D eigenvalue weighted by atomic mass is 19.2. The Hall–Kier alpha value is -3.68. The van der Waals surface area contributed by atoms with E-state index in [0.717, 1.165) is 6.07 Å². The van der Waals surface area contributed by atoms with Gasteiger partial charge in [-0.15, -0.1) is 6.58 Å². The molecule has 1 aliphatic rings. The molecule has 1 aliphatic carbocycles. The largest absolute Gasteiger partial charge is 0.491 e. The van der Waals surface area contributed by atoms with Crippen LogP contribution in [-0.4, -0.2) is 12.6 Å². The third-order valence-corrected chi connectivity index (χ3v) is 5.78. The number of esters is 1. The lowest BCUT2D eigenvalue weighted by atomic mass is 9.81. The molecule has 3 aromatic rings. The topological polar surface area (TPSA) is 35.5 Å². The summed E-state index contributed by atoms with van der Waals surface area (Å²) in [5.74, 6) is -5.23. The summed E-state index contributed by atoms with van der Waals surface area (Å²) in [6.07, 6.45) is -2.28. The summed E-state index contributed by atoms with van der Waals surface area (Å²) in [6.45, 7) is 5.31. The Balaban J connectivity index is 1.69. The van der Waals surface area contributed by atoms with Crippen molar-refractivity contribution in [1.82, 2.24) is 0 Å². The molecule has 3 nitrogen and oxygen atoms in total. The van der Waals surface area contributed by atoms with Crippen molar-refractivity contribution in [2.75, 3.05) is 6.61 Å². The van der Waals surface area contributed by atoms with Gasteiger partial charge in [-0.25, -0.2) is 26.7 Å². The van der Waals surface area contributed by atoms with Crippen molar-refractivity contribution < 1.29 is 36.2 Å². The van der Waals surface area contributed by atoms with Crippen LogP contribution < -0.4 is 9.47 Å². The van der Waals surface area contributed by atoms with Crippen molar-refractivity contribution in [3.63, 3.8) is 0 Å². The normalized spacial score (nSPS) is 16.3. The molecular weight excluding hydrogens is 467 g/mol. The van der Waals surface area contributed by atoms with Gasteiger partial charge in [-0.2, -0.15) is 0 Å². The van der Waals surface area contributed by atoms with E-state index in [1.165, 1.54) is 30.3 Å². The number of rotatable bonds is 7. The average Bonchev–Trinajstić information content (AvgIpc) is 2.83. The molecule has 0 heterocycles. The molecule has 0 radical (unpaired) electrons. The number of aryl methyl sites for hydroxylation is 1. The van der Waals surface area contributed by atoms with Crippen molar-refractivity contribution in [3.8, 4) is 22.6 Å². The third kappa shape index (κ3) is 4.40. The molecule has 8 heteroatoms. The minimum atomic E-state index is -2.59. The SMILES string of the molecule is C=CCCc1ccc(OC(=O)c2ccc3c(c2F)C(F)C(F)c2c-3ccc(OCC)c2F)c(F)c1. The maximum absolute atomic E-state index is 15.3. The molecule has 0 aliphatic heterocycles. The average molecular weight is 488 g/mol. The van der Waals surface area contributed by atoms with Gasteiger partial charge in [0.05, 0.1) is 12.2 Å². The van der Waals surface area contributed by atoms with Crippen LogP contribution in [0.2, 0.25) is 0 Å². The minimum absolute atomic E-state index is 0.0534. The molecule has 0 bridgehead atoms. The van der Waals surface area contributed by atoms with Gasteiger partial charge in [0, 0.05) is 11.1 Å². The van der Waals surface area contributed by atoms with Crippen LogP contribution in [0.1, 0.15) is 52.7 Å². The van der Waals surface area contributed by atoms with Gasteiger partial charge in [-0.1, -0.05) is 24.3 Å². The number of halogens is 5. The van der Waals surface area contributed by atoms with Gasteiger partial charge in [0.15, 0.2) is 35.5 Å². The minimum Gasteiger partial charge on any atom is -0.491 e. The lowest BCUT2D eigenvalue weighted by molar-refractivity contribution is 0.0721. The molecule has 0 aromatic heterocycles. The molecule has 0 saturated carbocycles. The Labute approximate surface area is 198 Å². The highest BCUT2D eigenvalue weighted by Gasteiger charge is 2.40. The van der Waals surface area contributed by atoms with E-state index < -0.39 is 58.2 Å². The standard InChI is InChI=1S/C27H21F5O3/c1-3-5-6-14-7-11-19(18(28)13-14)35-27(33)17-9-8-15-16-10-12-20(34-4-2)24(30)22(16)26(32)25(31)21(15)23(17)29/h3,7-13,25-26H,1,4-6H2,2H3. The lowest BCUT2D eigenvalue weighted by Crippen LogP contribution is -2.19. The quantitative estimate of drug-likeness (QED) is 0.149. The molecule has 0 N–H and O–H groups in total. The maximum Gasteiger partial charge on any atom is 0.346 e. The Morgan fingerprint density at radius 3 is 2.20 bits per heavy atom. The summed E-state index contributed by atoms with van der Waals surface area (Å²) in [5.41, 5.74) is -1.52. The monoisotopic (exact) mass is 488 g/mol. The first kappa shape index (κ1) is 24.4. The number of ether oxygens (including phenoxy) is 2. The van der Waals surface area contributed by atoms with Gasteiger partial charge < -0.3 is 9.47 Å². The number of fused-ring (bicyclic) bond motifs is 3. The van der Waals surface area contributed by atoms with Crippen LogP contribution in [0.3, 0.4) is 0 Å². The summed E-state index contributed by atoms with van der Waals surface area (Å²) >= 11 is 0. The summed E-state index contributed by atoms with van der Waals surface area (Å²) in [5, 5.41) is 0. The number of alkyl halides is 2. The van der Waals surface area contributed by atoms with Crippen LogP contribution in [-0.2, 0) is 6.42 Å². The first-order valence-electron chi connectivity index (χ1n) is 11.0. The van der Waals surface area contributed by atoms with Gasteiger partial charge in [0.2, 0.25) is 0 Å². The van der Waals surface area contributed by atoms with Crippen LogP contribution in [0.5, 0.6) is 11.5 Å². The van der Waals surface area contributed by atoms with Gasteiger partial charge in [0.25, 0.3) is 0 Å². The molecular formula is C27H21F5O3. The van der Waals surface area contributed by atoms with Crippen LogP contribution >= 0.6 is 0 Å². The van der Waals surface area contributed by atoms with E-state index >= 15 is 8.78 Å². The highest BCUT2D eigenvalue weighted by molar-refractivity contribution is 5.93. The van der Waals surface area contributed by atoms with Gasteiger partial charge >= 0.3 is 5.97 Å². The van der Waals surface area contributed by atoms with E-state index in [1.54, 1.807) is 19.1 Å². The molecule has 0 spiro atoms. The van der Waals surface area contributed by atoms with E-state index in [4.69, 9.17) is 9.47 Å². The fourth-order valence-corrected chi connectivity index (χ4v) is 4.10. The van der Waals surface area contributed by atoms with Gasteiger partial charge in [0.1, 0.15) is 5.82 Å². The number of hydrogen-bond acceptors (Lipinski definition) is 3. The van der Waals surface area contributed by atoms with Crippen molar-refractivity contribution in [3.05, 3.63) is 94.8 Å². The fraction of sp³-hybridized carbons (Fsp3) is 0.222. The molecule has 35 heavy (non-hydrogen) atoms. The van der Waals surface area contributed by atoms with Crippen LogP contribution in [0.25, 0.3) is 11.1 Å². The fourth-order valence-electron chi connectivity index (χ4n) is 4.10. The molecule has 0 saturated heterocycles. The van der Waals surface area contributed by atoms with Crippen molar-refractivity contribution in [2.24, 2.45) is 0 Å². The zero-order valence-electron chi connectivity index (χ0n) is 18.7. The van der Waals surface area contributed by atoms with E-state index in [9.17, 15) is 18.0 Å². The van der Waals surface area contributed by atoms with Crippen molar-refractivity contribution in [2.45, 2.75) is 32.1 Å². The number of hydrogen-bond donors (Lipinski definition) is 0. The van der Waals surface area contributed by atoms with Crippen molar-refractivity contribution in [1.29, 1.82) is 0 Å². The zero-order valence-corrected chi connectivity index (χ0v) is 18.7. The molecule has 2 unspecified atom stereocenters. The predicted molar refractivity (Wildman–Crippen MR) is 121 cm³/mol. The second kappa shape index (κ2) is 9.90. The van der Waals surface area contributed by atoms with E-state index in [1.807, 2.05) is 0 Å². The Kier molecular flexibility index (Phi) is 6.91. The second-order valence-corrected chi connectivity index (χ2v) is 7.95. The van der Waals surface area contributed by atoms with Gasteiger partial charge in [-0.05, 0) is 60.7 Å². The Bertz CT molecular complexity index is 1300. The van der Waals surface area contributed by atoms with Gasteiger partial charge in [-0.3, -0.25) is 0 Å². The maximum atomic E-state index is 15.3. The lowest BCUT2D eigenvalue weighted by Gasteiger charge is -2.28. The molecule has 3 aromatic carbocycles. The molecule has 0 amide bonds. The summed E-state index contributed by atoms with van der Waals surface area (Å²) < 4.78 is 84.6. The number of allylic oxidation sites excluding steroid dienone is 1. The number of carbonyl (C=O) groups excluding carboxylic acids is 1. The highest BCUT2D eigenvalue weighted by Crippen LogP contribution is 2.51. The second-order valence-electron chi connectivity index (χ2n) is 7.95. The summed E-state index contributed by atoms with van der Waals surface area (Å²) in [6, 6.07) is 8.70. The first-order valence-corrected chi connectivity index (χ1v) is 11.0. The Morgan fingerprint density at radius 2 is 1.57 bits per heavy atom. The third-order valence-electron chi connectivity index (χ3n) is 5.78. The first-order chi connectivity index (χ1) is 16.8. The van der Waals surface area contributed by atoms with Crippen LogP contribution in [0, 0.1) is 17.5 Å². The zero-order chi connectivity index (χ0) is 25.3. The Morgan fingerprint density at radius 1 is 0.943 bits per heavy atom. The van der Waals surface area contributed by atoms with E-state index in [2.05, 4.69) is 6.58 Å². The number of carbonyl (C=O) groups is 1. The van der Waals surface area contributed by atoms with Crippen LogP contribution in [0.4, 0.5) is 22.0 Å². The molecule has 2 atom stereocenters. The molecule has 0 fully saturated rings. The van der Waals surface area contributed by atoms with E-state index in [-0.39, 0.29) is 23.5 Å².